The molecule has 0 radical (unpaired) electrons. The molecule has 0 aliphatic rings. The predicted molar refractivity (Wildman–Crippen MR) is 40.6 cm³/mol. The fourth-order valence-corrected chi connectivity index (χ4v) is 0.542. The minimum atomic E-state index is -0.614. The summed E-state index contributed by atoms with van der Waals surface area (Å²) in [6.45, 7) is 1.60. The number of aromatic nitrogens is 2. The van der Waals surface area contributed by atoms with Gasteiger partial charge < -0.3 is 5.11 Å². The maximum atomic E-state index is 8.79. The van der Waals surface area contributed by atoms with E-state index in [1.807, 2.05) is 0 Å². The minimum Gasteiger partial charge on any atom is -0.381 e. The van der Waals surface area contributed by atoms with E-state index in [1.54, 1.807) is 25.5 Å². The average molecular weight is 148 g/mol. The molecule has 0 fully saturated rings. The van der Waals surface area contributed by atoms with Gasteiger partial charge in [0.25, 0.3) is 0 Å². The summed E-state index contributed by atoms with van der Waals surface area (Å²) >= 11 is 0. The van der Waals surface area contributed by atoms with Crippen molar-refractivity contribution in [1.82, 2.24) is 9.97 Å². The van der Waals surface area contributed by atoms with Crippen LogP contribution < -0.4 is 0 Å². The van der Waals surface area contributed by atoms with Crippen molar-refractivity contribution in [3.8, 4) is 11.8 Å². The van der Waals surface area contributed by atoms with Gasteiger partial charge >= 0.3 is 0 Å². The first kappa shape index (κ1) is 7.70. The van der Waals surface area contributed by atoms with E-state index in [2.05, 4.69) is 21.8 Å². The molecule has 11 heavy (non-hydrogen) atoms. The highest BCUT2D eigenvalue weighted by Crippen LogP contribution is 1.85. The lowest BCUT2D eigenvalue weighted by atomic mass is 10.3. The Hall–Kier alpha value is -1.40. The van der Waals surface area contributed by atoms with Crippen LogP contribution in [0.5, 0.6) is 0 Å². The molecule has 0 aromatic carbocycles. The highest BCUT2D eigenvalue weighted by molar-refractivity contribution is 5.25. The molecule has 0 amide bonds. The van der Waals surface area contributed by atoms with Crippen LogP contribution in [-0.4, -0.2) is 21.2 Å². The number of rotatable bonds is 0. The summed E-state index contributed by atoms with van der Waals surface area (Å²) in [6.07, 6.45) is 4.08. The lowest BCUT2D eigenvalue weighted by Gasteiger charge is -1.87. The van der Waals surface area contributed by atoms with Gasteiger partial charge in [0, 0.05) is 12.4 Å². The van der Waals surface area contributed by atoms with E-state index >= 15 is 0 Å². The smallest absolute Gasteiger partial charge is 0.131 e. The SMILES string of the molecule is C[C@H](O)C#Cc1cnccn1. The van der Waals surface area contributed by atoms with E-state index < -0.39 is 6.10 Å². The molecule has 1 rings (SSSR count). The molecule has 0 spiro atoms. The molecule has 1 N–H and O–H groups in total. The van der Waals surface area contributed by atoms with E-state index in [9.17, 15) is 0 Å². The normalized spacial score (nSPS) is 11.5. The van der Waals surface area contributed by atoms with Crippen molar-refractivity contribution < 1.29 is 5.11 Å². The fraction of sp³-hybridized carbons (Fsp3) is 0.250. The Balaban J connectivity index is 2.75. The lowest BCUT2D eigenvalue weighted by molar-refractivity contribution is 0.253. The molecule has 3 heteroatoms. The van der Waals surface area contributed by atoms with Crippen LogP contribution in [0.1, 0.15) is 12.6 Å². The number of aliphatic hydroxyl groups is 1. The van der Waals surface area contributed by atoms with E-state index in [4.69, 9.17) is 5.11 Å². The zero-order chi connectivity index (χ0) is 8.10. The number of hydrogen-bond acceptors (Lipinski definition) is 3. The zero-order valence-corrected chi connectivity index (χ0v) is 6.15. The van der Waals surface area contributed by atoms with Crippen LogP contribution in [-0.2, 0) is 0 Å². The molecule has 0 saturated heterocycles. The van der Waals surface area contributed by atoms with Crippen molar-refractivity contribution in [2.75, 3.05) is 0 Å². The Morgan fingerprint density at radius 2 is 2.36 bits per heavy atom. The minimum absolute atomic E-state index is 0.577. The number of nitrogens with zero attached hydrogens (tertiary/aromatic N) is 2. The molecule has 1 aromatic rings. The molecule has 0 saturated carbocycles. The molecule has 1 atom stereocenters. The largest absolute Gasteiger partial charge is 0.381 e. The Kier molecular flexibility index (Phi) is 2.59. The Labute approximate surface area is 65.1 Å². The summed E-state index contributed by atoms with van der Waals surface area (Å²) < 4.78 is 0. The summed E-state index contributed by atoms with van der Waals surface area (Å²) in [5, 5.41) is 8.79. The third-order valence-electron chi connectivity index (χ3n) is 0.972. The summed E-state index contributed by atoms with van der Waals surface area (Å²) in [4.78, 5) is 7.72. The summed E-state index contributed by atoms with van der Waals surface area (Å²) in [6, 6.07) is 0. The average Bonchev–Trinajstić information content (AvgIpc) is 2.03. The molecule has 56 valence electrons. The standard InChI is InChI=1S/C8H8N2O/c1-7(11)2-3-8-6-9-4-5-10-8/h4-7,11H,1H3/t7-/m0/s1. The van der Waals surface area contributed by atoms with Crippen LogP contribution in [0.3, 0.4) is 0 Å². The van der Waals surface area contributed by atoms with Gasteiger partial charge in [-0.25, -0.2) is 4.98 Å². The van der Waals surface area contributed by atoms with E-state index in [1.165, 1.54) is 0 Å². The highest BCUT2D eigenvalue weighted by Gasteiger charge is 1.86. The third-order valence-corrected chi connectivity index (χ3v) is 0.972. The first-order valence-corrected chi connectivity index (χ1v) is 3.24. The molecule has 1 aromatic heterocycles. The van der Waals surface area contributed by atoms with Crippen molar-refractivity contribution in [1.29, 1.82) is 0 Å². The van der Waals surface area contributed by atoms with Gasteiger partial charge in [-0.05, 0) is 12.8 Å². The maximum absolute atomic E-state index is 8.79. The second-order valence-electron chi connectivity index (χ2n) is 2.04. The molecule has 0 aliphatic carbocycles. The Morgan fingerprint density at radius 1 is 1.55 bits per heavy atom. The van der Waals surface area contributed by atoms with Crippen molar-refractivity contribution >= 4 is 0 Å². The van der Waals surface area contributed by atoms with Crippen LogP contribution in [0.2, 0.25) is 0 Å². The fourth-order valence-electron chi connectivity index (χ4n) is 0.542. The zero-order valence-electron chi connectivity index (χ0n) is 6.15. The quantitative estimate of drug-likeness (QED) is 0.535. The topological polar surface area (TPSA) is 46.0 Å². The van der Waals surface area contributed by atoms with Gasteiger partial charge in [-0.2, -0.15) is 0 Å². The molecule has 1 heterocycles. The van der Waals surface area contributed by atoms with Gasteiger partial charge in [-0.3, -0.25) is 4.98 Å². The van der Waals surface area contributed by atoms with Gasteiger partial charge in [0.1, 0.15) is 11.8 Å². The van der Waals surface area contributed by atoms with E-state index in [0.29, 0.717) is 5.69 Å². The third kappa shape index (κ3) is 2.78. The summed E-state index contributed by atoms with van der Waals surface area (Å²) in [5.41, 5.74) is 0.577. The second kappa shape index (κ2) is 3.69. The monoisotopic (exact) mass is 148 g/mol. The summed E-state index contributed by atoms with van der Waals surface area (Å²) in [5.74, 6) is 5.24. The lowest BCUT2D eigenvalue weighted by Crippen LogP contribution is -1.93. The van der Waals surface area contributed by atoms with Gasteiger partial charge in [0.15, 0.2) is 0 Å². The van der Waals surface area contributed by atoms with Gasteiger partial charge in [0.05, 0.1) is 6.20 Å². The van der Waals surface area contributed by atoms with Crippen LogP contribution in [0.4, 0.5) is 0 Å². The van der Waals surface area contributed by atoms with Crippen LogP contribution in [0, 0.1) is 11.8 Å². The molecular formula is C8H8N2O. The first-order chi connectivity index (χ1) is 5.29. The van der Waals surface area contributed by atoms with Crippen LogP contribution in [0.25, 0.3) is 0 Å². The number of hydrogen-bond donors (Lipinski definition) is 1. The van der Waals surface area contributed by atoms with Crippen molar-refractivity contribution in [2.45, 2.75) is 13.0 Å². The van der Waals surface area contributed by atoms with Crippen LogP contribution in [0.15, 0.2) is 18.6 Å². The molecule has 0 aliphatic heterocycles. The summed E-state index contributed by atoms with van der Waals surface area (Å²) in [7, 11) is 0. The van der Waals surface area contributed by atoms with Crippen molar-refractivity contribution in [2.24, 2.45) is 0 Å². The first-order valence-electron chi connectivity index (χ1n) is 3.24. The molecule has 0 bridgehead atoms. The molecule has 3 nitrogen and oxygen atoms in total. The van der Waals surface area contributed by atoms with Gasteiger partial charge in [-0.1, -0.05) is 5.92 Å². The van der Waals surface area contributed by atoms with E-state index in [0.717, 1.165) is 0 Å². The maximum Gasteiger partial charge on any atom is 0.131 e. The van der Waals surface area contributed by atoms with Gasteiger partial charge in [-0.15, -0.1) is 0 Å². The Bertz CT molecular complexity index is 271. The van der Waals surface area contributed by atoms with E-state index in [-0.39, 0.29) is 0 Å². The Morgan fingerprint density at radius 3 is 2.91 bits per heavy atom. The second-order valence-corrected chi connectivity index (χ2v) is 2.04. The van der Waals surface area contributed by atoms with Crippen molar-refractivity contribution in [3.05, 3.63) is 24.3 Å². The highest BCUT2D eigenvalue weighted by atomic mass is 16.3. The number of aliphatic hydroxyl groups excluding tert-OH is 1. The van der Waals surface area contributed by atoms with Crippen LogP contribution >= 0.6 is 0 Å². The molecular weight excluding hydrogens is 140 g/mol. The van der Waals surface area contributed by atoms with Crippen molar-refractivity contribution in [3.63, 3.8) is 0 Å². The molecule has 0 unspecified atom stereocenters. The predicted octanol–water partition coefficient (Wildman–Crippen LogP) is 0.209. The van der Waals surface area contributed by atoms with Gasteiger partial charge in [0.2, 0.25) is 0 Å².